The van der Waals surface area contributed by atoms with E-state index in [1.165, 1.54) is 19.3 Å². The van der Waals surface area contributed by atoms with E-state index in [2.05, 4.69) is 15.3 Å². The highest BCUT2D eigenvalue weighted by Gasteiger charge is 2.20. The minimum Gasteiger partial charge on any atom is -0.366 e. The molecule has 3 N–H and O–H groups in total. The van der Waals surface area contributed by atoms with E-state index in [0.29, 0.717) is 6.04 Å². The second-order valence-corrected chi connectivity index (χ2v) is 4.54. The first-order valence-corrected chi connectivity index (χ1v) is 6.07. The van der Waals surface area contributed by atoms with Gasteiger partial charge in [-0.15, -0.1) is 0 Å². The molecular formula is C12H20N4. The minimum absolute atomic E-state index is 0.248. The fourth-order valence-electron chi connectivity index (χ4n) is 2.24. The van der Waals surface area contributed by atoms with E-state index < -0.39 is 0 Å². The molecule has 0 amide bonds. The van der Waals surface area contributed by atoms with Crippen molar-refractivity contribution in [2.75, 3.05) is 5.32 Å². The quantitative estimate of drug-likeness (QED) is 0.747. The van der Waals surface area contributed by atoms with Crippen LogP contribution in [0.4, 0.5) is 5.82 Å². The van der Waals surface area contributed by atoms with E-state index in [1.807, 2.05) is 13.0 Å². The van der Waals surface area contributed by atoms with Crippen LogP contribution in [0.1, 0.15) is 37.9 Å². The summed E-state index contributed by atoms with van der Waals surface area (Å²) in [6.45, 7) is 1.90. The molecule has 0 spiro atoms. The van der Waals surface area contributed by atoms with Gasteiger partial charge in [0.1, 0.15) is 11.6 Å². The van der Waals surface area contributed by atoms with E-state index >= 15 is 0 Å². The second-order valence-electron chi connectivity index (χ2n) is 4.54. The Morgan fingerprint density at radius 2 is 2.12 bits per heavy atom. The number of aryl methyl sites for hydroxylation is 1. The van der Waals surface area contributed by atoms with Crippen molar-refractivity contribution >= 4 is 5.82 Å². The van der Waals surface area contributed by atoms with Crippen molar-refractivity contribution < 1.29 is 0 Å². The van der Waals surface area contributed by atoms with Gasteiger partial charge in [0, 0.05) is 18.3 Å². The van der Waals surface area contributed by atoms with Gasteiger partial charge in [-0.3, -0.25) is 0 Å². The van der Waals surface area contributed by atoms with Gasteiger partial charge in [-0.05, 0) is 25.8 Å². The fraction of sp³-hybridized carbons (Fsp3) is 0.667. The molecule has 1 aromatic rings. The minimum atomic E-state index is 0.248. The summed E-state index contributed by atoms with van der Waals surface area (Å²) < 4.78 is 0. The maximum absolute atomic E-state index is 6.16. The van der Waals surface area contributed by atoms with Crippen molar-refractivity contribution in [3.05, 3.63) is 18.1 Å². The molecule has 0 aliphatic heterocycles. The molecule has 0 radical (unpaired) electrons. The van der Waals surface area contributed by atoms with Gasteiger partial charge in [-0.2, -0.15) is 0 Å². The highest BCUT2D eigenvalue weighted by Crippen LogP contribution is 2.19. The molecule has 0 saturated heterocycles. The monoisotopic (exact) mass is 220 g/mol. The van der Waals surface area contributed by atoms with Crippen molar-refractivity contribution in [2.45, 2.75) is 51.1 Å². The lowest BCUT2D eigenvalue weighted by Gasteiger charge is -2.23. The molecule has 0 bridgehead atoms. The third-order valence-electron chi connectivity index (χ3n) is 3.18. The number of anilines is 1. The Kier molecular flexibility index (Phi) is 3.72. The Morgan fingerprint density at radius 1 is 1.31 bits per heavy atom. The summed E-state index contributed by atoms with van der Waals surface area (Å²) in [4.78, 5) is 8.44. The van der Waals surface area contributed by atoms with Crippen LogP contribution in [0.25, 0.3) is 0 Å². The van der Waals surface area contributed by atoms with Gasteiger partial charge in [0.2, 0.25) is 0 Å². The maximum atomic E-state index is 6.16. The molecule has 2 rings (SSSR count). The van der Waals surface area contributed by atoms with E-state index in [1.54, 1.807) is 6.20 Å². The number of aromatic nitrogens is 2. The zero-order chi connectivity index (χ0) is 11.4. The lowest BCUT2D eigenvalue weighted by atomic mass is 10.0. The SMILES string of the molecule is Cc1nccc(NC2CCCCCC2N)n1. The molecule has 2 unspecified atom stereocenters. The van der Waals surface area contributed by atoms with Crippen LogP contribution in [0, 0.1) is 6.92 Å². The third kappa shape index (κ3) is 2.92. The zero-order valence-corrected chi connectivity index (χ0v) is 9.82. The number of nitrogens with one attached hydrogen (secondary N) is 1. The summed E-state index contributed by atoms with van der Waals surface area (Å²) in [5, 5.41) is 3.44. The first kappa shape index (κ1) is 11.3. The predicted molar refractivity (Wildman–Crippen MR) is 65.2 cm³/mol. The smallest absolute Gasteiger partial charge is 0.129 e. The van der Waals surface area contributed by atoms with Gasteiger partial charge in [0.05, 0.1) is 0 Å². The Labute approximate surface area is 96.7 Å². The van der Waals surface area contributed by atoms with Crippen LogP contribution in [0.15, 0.2) is 12.3 Å². The predicted octanol–water partition coefficient (Wildman–Crippen LogP) is 1.86. The number of rotatable bonds is 2. The van der Waals surface area contributed by atoms with E-state index in [9.17, 15) is 0 Å². The van der Waals surface area contributed by atoms with Crippen molar-refractivity contribution in [1.29, 1.82) is 0 Å². The topological polar surface area (TPSA) is 63.8 Å². The molecule has 1 aromatic heterocycles. The van der Waals surface area contributed by atoms with E-state index in [-0.39, 0.29) is 6.04 Å². The third-order valence-corrected chi connectivity index (χ3v) is 3.18. The van der Waals surface area contributed by atoms with Crippen molar-refractivity contribution in [2.24, 2.45) is 5.73 Å². The normalized spacial score (nSPS) is 26.1. The van der Waals surface area contributed by atoms with Crippen molar-refractivity contribution in [3.63, 3.8) is 0 Å². The molecule has 0 aromatic carbocycles. The molecule has 1 aliphatic carbocycles. The number of hydrogen-bond acceptors (Lipinski definition) is 4. The largest absolute Gasteiger partial charge is 0.366 e. The van der Waals surface area contributed by atoms with Crippen molar-refractivity contribution in [3.8, 4) is 0 Å². The van der Waals surface area contributed by atoms with Crippen LogP contribution < -0.4 is 11.1 Å². The Hall–Kier alpha value is -1.16. The molecule has 16 heavy (non-hydrogen) atoms. The highest BCUT2D eigenvalue weighted by molar-refractivity contribution is 5.34. The van der Waals surface area contributed by atoms with Crippen molar-refractivity contribution in [1.82, 2.24) is 9.97 Å². The second kappa shape index (κ2) is 5.25. The lowest BCUT2D eigenvalue weighted by molar-refractivity contribution is 0.527. The molecule has 4 nitrogen and oxygen atoms in total. The van der Waals surface area contributed by atoms with Crippen LogP contribution in [0.2, 0.25) is 0 Å². The number of hydrogen-bond donors (Lipinski definition) is 2. The molecule has 1 heterocycles. The molecule has 1 fully saturated rings. The Morgan fingerprint density at radius 3 is 2.94 bits per heavy atom. The van der Waals surface area contributed by atoms with Gasteiger partial charge < -0.3 is 11.1 Å². The van der Waals surface area contributed by atoms with Crippen LogP contribution in [-0.2, 0) is 0 Å². The zero-order valence-electron chi connectivity index (χ0n) is 9.82. The molecule has 88 valence electrons. The number of nitrogens with zero attached hydrogens (tertiary/aromatic N) is 2. The molecular weight excluding hydrogens is 200 g/mol. The van der Waals surface area contributed by atoms with Crippen LogP contribution in [-0.4, -0.2) is 22.1 Å². The lowest BCUT2D eigenvalue weighted by Crippen LogP contribution is -2.39. The van der Waals surface area contributed by atoms with E-state index in [0.717, 1.165) is 24.5 Å². The van der Waals surface area contributed by atoms with Gasteiger partial charge in [-0.1, -0.05) is 19.3 Å². The van der Waals surface area contributed by atoms with Gasteiger partial charge >= 0.3 is 0 Å². The summed E-state index contributed by atoms with van der Waals surface area (Å²) in [5.41, 5.74) is 6.16. The van der Waals surface area contributed by atoms with Crippen LogP contribution in [0.5, 0.6) is 0 Å². The summed E-state index contributed by atoms with van der Waals surface area (Å²) in [6, 6.07) is 2.51. The molecule has 1 aliphatic rings. The number of nitrogens with two attached hydrogens (primary N) is 1. The van der Waals surface area contributed by atoms with Gasteiger partial charge in [0.25, 0.3) is 0 Å². The average Bonchev–Trinajstić information content (AvgIpc) is 2.45. The Bertz CT molecular complexity index is 340. The van der Waals surface area contributed by atoms with Crippen LogP contribution >= 0.6 is 0 Å². The molecule has 2 atom stereocenters. The van der Waals surface area contributed by atoms with Gasteiger partial charge in [-0.25, -0.2) is 9.97 Å². The summed E-state index contributed by atoms with van der Waals surface area (Å²) in [5.74, 6) is 1.70. The summed E-state index contributed by atoms with van der Waals surface area (Å²) in [6.07, 6.45) is 7.85. The maximum Gasteiger partial charge on any atom is 0.129 e. The standard InChI is InChI=1S/C12H20N4/c1-9-14-8-7-12(15-9)16-11-6-4-2-3-5-10(11)13/h7-8,10-11H,2-6,13H2,1H3,(H,14,15,16). The first-order valence-electron chi connectivity index (χ1n) is 6.07. The fourth-order valence-corrected chi connectivity index (χ4v) is 2.24. The molecule has 1 saturated carbocycles. The molecule has 4 heteroatoms. The van der Waals surface area contributed by atoms with E-state index in [4.69, 9.17) is 5.73 Å². The Balaban J connectivity index is 2.02. The summed E-state index contributed by atoms with van der Waals surface area (Å²) >= 11 is 0. The average molecular weight is 220 g/mol. The van der Waals surface area contributed by atoms with Crippen LogP contribution in [0.3, 0.4) is 0 Å². The van der Waals surface area contributed by atoms with Gasteiger partial charge in [0.15, 0.2) is 0 Å². The first-order chi connectivity index (χ1) is 7.75. The highest BCUT2D eigenvalue weighted by atomic mass is 15.1. The summed E-state index contributed by atoms with van der Waals surface area (Å²) in [7, 11) is 0.